The topological polar surface area (TPSA) is 111 Å². The number of hydrogen-bond donors (Lipinski definition) is 2. The largest absolute Gasteiger partial charge is 0.438 e. The number of hydrogen-bond acceptors (Lipinski definition) is 6. The van der Waals surface area contributed by atoms with Crippen molar-refractivity contribution in [3.05, 3.63) is 126 Å². The summed E-state index contributed by atoms with van der Waals surface area (Å²) in [7, 11) is -2.41. The van der Waals surface area contributed by atoms with E-state index >= 15 is 0 Å². The van der Waals surface area contributed by atoms with Gasteiger partial charge < -0.3 is 14.6 Å². The predicted molar refractivity (Wildman–Crippen MR) is 189 cm³/mol. The monoisotopic (exact) mass is 644 g/mol. The van der Waals surface area contributed by atoms with Gasteiger partial charge in [0.25, 0.3) is 0 Å². The van der Waals surface area contributed by atoms with Gasteiger partial charge in [-0.3, -0.25) is 5.32 Å². The van der Waals surface area contributed by atoms with Crippen LogP contribution in [-0.4, -0.2) is 39.1 Å². The third kappa shape index (κ3) is 7.42. The molecule has 0 saturated heterocycles. The van der Waals surface area contributed by atoms with Gasteiger partial charge in [0.05, 0.1) is 17.1 Å². The lowest BCUT2D eigenvalue weighted by atomic mass is 9.92. The van der Waals surface area contributed by atoms with Gasteiger partial charge in [0, 0.05) is 46.2 Å². The Balaban J connectivity index is 1.24. The molecule has 2 aromatic heterocycles. The number of amides is 2. The van der Waals surface area contributed by atoms with E-state index in [4.69, 9.17) is 9.84 Å². The van der Waals surface area contributed by atoms with Gasteiger partial charge in [-0.1, -0.05) is 75.4 Å². The molecule has 6 rings (SSSR count). The molecular formula is C37H37N6O3P. The first-order valence-electron chi connectivity index (χ1n) is 15.3. The summed E-state index contributed by atoms with van der Waals surface area (Å²) in [5, 5.41) is 13.2. The Kier molecular flexibility index (Phi) is 8.67. The van der Waals surface area contributed by atoms with E-state index in [-0.39, 0.29) is 5.41 Å². The van der Waals surface area contributed by atoms with Crippen molar-refractivity contribution in [2.24, 2.45) is 0 Å². The van der Waals surface area contributed by atoms with E-state index in [1.807, 2.05) is 97.1 Å². The average Bonchev–Trinajstić information content (AvgIpc) is 3.47. The number of benzene rings is 4. The molecule has 0 aliphatic rings. The Bertz CT molecular complexity index is 2100. The highest BCUT2D eigenvalue weighted by molar-refractivity contribution is 7.70. The Hall–Kier alpha value is -5.27. The van der Waals surface area contributed by atoms with Crippen molar-refractivity contribution >= 4 is 40.8 Å². The zero-order valence-corrected chi connectivity index (χ0v) is 28.0. The van der Waals surface area contributed by atoms with Crippen molar-refractivity contribution in [1.82, 2.24) is 19.7 Å². The van der Waals surface area contributed by atoms with Crippen molar-refractivity contribution in [2.45, 2.75) is 32.6 Å². The Morgan fingerprint density at radius 2 is 1.55 bits per heavy atom. The van der Waals surface area contributed by atoms with E-state index in [9.17, 15) is 9.36 Å². The second-order valence-electron chi connectivity index (χ2n) is 12.8. The standard InChI is InChI=1S/C37H37N6O3P/c1-37(2,3)32-24-34(43(42-32)26-15-17-27(18-16-26)47(4,5)45)41-36(44)39-30-19-20-31(29-14-10-9-13-28(29)30)46-35-21-22-38-33(40-35)23-25-11-7-6-8-12-25/h6-22,24H,23H2,1-5H3,(H2,39,41,44). The summed E-state index contributed by atoms with van der Waals surface area (Å²) in [6, 6.07) is 32.0. The summed E-state index contributed by atoms with van der Waals surface area (Å²) in [6.45, 7) is 9.69. The normalized spacial score (nSPS) is 11.8. The van der Waals surface area contributed by atoms with Crippen LogP contribution < -0.4 is 20.7 Å². The van der Waals surface area contributed by atoms with Crippen LogP contribution in [0.15, 0.2) is 109 Å². The molecule has 238 valence electrons. The highest BCUT2D eigenvalue weighted by atomic mass is 31.2. The van der Waals surface area contributed by atoms with Crippen LogP contribution in [0.1, 0.15) is 37.9 Å². The minimum Gasteiger partial charge on any atom is -0.438 e. The minimum atomic E-state index is -2.41. The molecule has 0 aliphatic carbocycles. The van der Waals surface area contributed by atoms with Gasteiger partial charge in [0.15, 0.2) is 0 Å². The van der Waals surface area contributed by atoms with Gasteiger partial charge >= 0.3 is 6.03 Å². The number of nitrogens with zero attached hydrogens (tertiary/aromatic N) is 4. The molecule has 2 amide bonds. The molecule has 9 nitrogen and oxygen atoms in total. The molecule has 0 saturated carbocycles. The van der Waals surface area contributed by atoms with E-state index in [2.05, 4.69) is 41.4 Å². The molecule has 4 aromatic carbocycles. The zero-order chi connectivity index (χ0) is 33.2. The average molecular weight is 645 g/mol. The Morgan fingerprint density at radius 1 is 0.851 bits per heavy atom. The quantitative estimate of drug-likeness (QED) is 0.161. The van der Waals surface area contributed by atoms with Crippen LogP contribution in [0.4, 0.5) is 16.3 Å². The third-order valence-electron chi connectivity index (χ3n) is 7.67. The number of rotatable bonds is 8. The second kappa shape index (κ2) is 12.9. The van der Waals surface area contributed by atoms with Crippen LogP contribution >= 0.6 is 7.14 Å². The lowest BCUT2D eigenvalue weighted by Crippen LogP contribution is -2.21. The fourth-order valence-corrected chi connectivity index (χ4v) is 6.01. The summed E-state index contributed by atoms with van der Waals surface area (Å²) < 4.78 is 20.5. The fourth-order valence-electron chi connectivity index (χ4n) is 5.14. The number of ether oxygens (including phenoxy) is 1. The maximum Gasteiger partial charge on any atom is 0.324 e. The fraction of sp³-hybridized carbons (Fsp3) is 0.189. The van der Waals surface area contributed by atoms with Gasteiger partial charge in [-0.25, -0.2) is 14.5 Å². The number of nitrogens with one attached hydrogen (secondary N) is 2. The molecule has 0 unspecified atom stereocenters. The number of aromatic nitrogens is 4. The molecule has 6 aromatic rings. The molecule has 0 radical (unpaired) electrons. The highest BCUT2D eigenvalue weighted by Gasteiger charge is 2.22. The predicted octanol–water partition coefficient (Wildman–Crippen LogP) is 8.39. The molecule has 0 fully saturated rings. The molecular weight excluding hydrogens is 607 g/mol. The first-order valence-corrected chi connectivity index (χ1v) is 17.9. The van der Waals surface area contributed by atoms with Gasteiger partial charge in [0.1, 0.15) is 24.5 Å². The minimum absolute atomic E-state index is 0.251. The van der Waals surface area contributed by atoms with E-state index in [0.717, 1.165) is 33.0 Å². The maximum atomic E-state index is 13.5. The molecule has 2 heterocycles. The number of fused-ring (bicyclic) bond motifs is 1. The van der Waals surface area contributed by atoms with Crippen molar-refractivity contribution in [3.8, 4) is 17.3 Å². The lowest BCUT2D eigenvalue weighted by molar-refractivity contribution is 0.262. The Labute approximate surface area is 274 Å². The lowest BCUT2D eigenvalue weighted by Gasteiger charge is -2.14. The third-order valence-corrected chi connectivity index (χ3v) is 9.21. The first-order chi connectivity index (χ1) is 22.4. The number of urea groups is 1. The van der Waals surface area contributed by atoms with Gasteiger partial charge in [-0.2, -0.15) is 10.1 Å². The molecule has 0 spiro atoms. The van der Waals surface area contributed by atoms with Gasteiger partial charge in [-0.05, 0) is 55.3 Å². The molecule has 10 heteroatoms. The van der Waals surface area contributed by atoms with Crippen LogP contribution in [-0.2, 0) is 16.4 Å². The van der Waals surface area contributed by atoms with E-state index < -0.39 is 13.2 Å². The summed E-state index contributed by atoms with van der Waals surface area (Å²) in [6.07, 6.45) is 2.29. The van der Waals surface area contributed by atoms with Gasteiger partial charge in [0.2, 0.25) is 5.88 Å². The maximum absolute atomic E-state index is 13.5. The zero-order valence-electron chi connectivity index (χ0n) is 27.1. The number of carbonyl (C=O) groups is 1. The number of anilines is 2. The van der Waals surface area contributed by atoms with Crippen molar-refractivity contribution in [1.29, 1.82) is 0 Å². The summed E-state index contributed by atoms with van der Waals surface area (Å²) >= 11 is 0. The van der Waals surface area contributed by atoms with Crippen LogP contribution in [0, 0.1) is 0 Å². The molecule has 0 aliphatic heterocycles. The van der Waals surface area contributed by atoms with Crippen LogP contribution in [0.3, 0.4) is 0 Å². The first kappa shape index (κ1) is 31.7. The Morgan fingerprint density at radius 3 is 2.26 bits per heavy atom. The molecule has 2 N–H and O–H groups in total. The van der Waals surface area contributed by atoms with E-state index in [1.165, 1.54) is 0 Å². The van der Waals surface area contributed by atoms with Crippen LogP contribution in [0.5, 0.6) is 11.6 Å². The van der Waals surface area contributed by atoms with Crippen LogP contribution in [0.25, 0.3) is 16.5 Å². The van der Waals surface area contributed by atoms with E-state index in [0.29, 0.717) is 35.4 Å². The van der Waals surface area contributed by atoms with Gasteiger partial charge in [-0.15, -0.1) is 0 Å². The van der Waals surface area contributed by atoms with E-state index in [1.54, 1.807) is 30.3 Å². The number of carbonyl (C=O) groups excluding carboxylic acids is 1. The summed E-state index contributed by atoms with van der Waals surface area (Å²) in [5.41, 5.74) is 3.04. The molecule has 0 bridgehead atoms. The van der Waals surface area contributed by atoms with Crippen molar-refractivity contribution < 1.29 is 14.1 Å². The molecule has 0 atom stereocenters. The summed E-state index contributed by atoms with van der Waals surface area (Å²) in [5.74, 6) is 2.21. The SMILES string of the molecule is CC(C)(C)c1cc(NC(=O)Nc2ccc(Oc3ccnc(Cc4ccccc4)n3)c3ccccc23)n(-c2ccc(P(C)(C)=O)cc2)n1. The highest BCUT2D eigenvalue weighted by Crippen LogP contribution is 2.36. The summed E-state index contributed by atoms with van der Waals surface area (Å²) in [4.78, 5) is 22.5. The smallest absolute Gasteiger partial charge is 0.324 e. The van der Waals surface area contributed by atoms with Crippen molar-refractivity contribution in [3.63, 3.8) is 0 Å². The second-order valence-corrected chi connectivity index (χ2v) is 16.0. The van der Waals surface area contributed by atoms with Crippen LogP contribution in [0.2, 0.25) is 0 Å². The molecule has 47 heavy (non-hydrogen) atoms. The van der Waals surface area contributed by atoms with Crippen molar-refractivity contribution in [2.75, 3.05) is 24.0 Å².